The van der Waals surface area contributed by atoms with Crippen LogP contribution >= 0.6 is 24.0 Å². The van der Waals surface area contributed by atoms with Gasteiger partial charge in [-0.3, -0.25) is 9.98 Å². The molecular weight excluding hydrogens is 437 g/mol. The van der Waals surface area contributed by atoms with Crippen LogP contribution in [0.15, 0.2) is 59.7 Å². The summed E-state index contributed by atoms with van der Waals surface area (Å²) in [6, 6.07) is 16.7. The van der Waals surface area contributed by atoms with Gasteiger partial charge in [0.15, 0.2) is 5.96 Å². The van der Waals surface area contributed by atoms with Crippen LogP contribution in [0.4, 0.5) is 0 Å². The summed E-state index contributed by atoms with van der Waals surface area (Å²) in [6.45, 7) is 7.96. The van der Waals surface area contributed by atoms with Gasteiger partial charge in [0.05, 0.1) is 12.2 Å². The van der Waals surface area contributed by atoms with E-state index in [1.54, 1.807) is 13.2 Å². The molecule has 0 fully saturated rings. The summed E-state index contributed by atoms with van der Waals surface area (Å²) in [4.78, 5) is 8.59. The Balaban J connectivity index is 0.00000338. The molecule has 5 nitrogen and oxygen atoms in total. The van der Waals surface area contributed by atoms with Crippen molar-refractivity contribution in [3.63, 3.8) is 0 Å². The Bertz CT molecular complexity index is 658. The predicted octanol–water partition coefficient (Wildman–Crippen LogP) is 3.49. The van der Waals surface area contributed by atoms with E-state index in [4.69, 9.17) is 0 Å². The van der Waals surface area contributed by atoms with E-state index in [1.165, 1.54) is 5.56 Å². The van der Waals surface area contributed by atoms with Crippen molar-refractivity contribution < 1.29 is 0 Å². The third kappa shape index (κ3) is 7.70. The third-order valence-electron chi connectivity index (χ3n) is 3.99. The molecule has 1 heterocycles. The first kappa shape index (κ1) is 22.4. The Kier molecular flexibility index (Phi) is 9.58. The number of benzene rings is 1. The van der Waals surface area contributed by atoms with Gasteiger partial charge in [-0.1, -0.05) is 36.4 Å². The van der Waals surface area contributed by atoms with Gasteiger partial charge in [0.1, 0.15) is 0 Å². The van der Waals surface area contributed by atoms with Crippen LogP contribution in [-0.2, 0) is 6.54 Å². The molecule has 2 rings (SSSR count). The van der Waals surface area contributed by atoms with E-state index in [1.807, 2.05) is 24.3 Å². The second-order valence-corrected chi connectivity index (χ2v) is 6.76. The summed E-state index contributed by atoms with van der Waals surface area (Å²) in [6.07, 6.45) is 1.80. The maximum Gasteiger partial charge on any atom is 0.191 e. The van der Waals surface area contributed by atoms with Gasteiger partial charge in [-0.2, -0.15) is 0 Å². The second-order valence-electron chi connectivity index (χ2n) is 6.76. The van der Waals surface area contributed by atoms with E-state index in [0.29, 0.717) is 6.54 Å². The minimum Gasteiger partial charge on any atom is -0.355 e. The van der Waals surface area contributed by atoms with Gasteiger partial charge < -0.3 is 16.0 Å². The minimum absolute atomic E-state index is 0. The molecule has 0 saturated heterocycles. The lowest BCUT2D eigenvalue weighted by atomic mass is 10.0. The highest BCUT2D eigenvalue weighted by atomic mass is 127. The molecule has 0 aliphatic rings. The van der Waals surface area contributed by atoms with E-state index in [-0.39, 0.29) is 35.6 Å². The molecule has 0 amide bonds. The van der Waals surface area contributed by atoms with Gasteiger partial charge in [0.2, 0.25) is 0 Å². The number of nitrogens with zero attached hydrogens (tertiary/aromatic N) is 2. The van der Waals surface area contributed by atoms with Crippen molar-refractivity contribution in [2.75, 3.05) is 13.6 Å². The maximum absolute atomic E-state index is 4.31. The van der Waals surface area contributed by atoms with Crippen molar-refractivity contribution in [2.45, 2.75) is 38.9 Å². The molecular formula is C20H30IN5. The topological polar surface area (TPSA) is 61.3 Å². The smallest absolute Gasteiger partial charge is 0.191 e. The van der Waals surface area contributed by atoms with Crippen LogP contribution < -0.4 is 16.0 Å². The largest absolute Gasteiger partial charge is 0.355 e. The molecule has 0 radical (unpaired) electrons. The zero-order valence-electron chi connectivity index (χ0n) is 16.0. The van der Waals surface area contributed by atoms with Gasteiger partial charge in [0, 0.05) is 31.4 Å². The molecule has 0 bridgehead atoms. The molecule has 1 aromatic carbocycles. The quantitative estimate of drug-likeness (QED) is 0.332. The number of hydrogen-bond donors (Lipinski definition) is 3. The van der Waals surface area contributed by atoms with Crippen molar-refractivity contribution in [1.29, 1.82) is 0 Å². The van der Waals surface area contributed by atoms with Crippen LogP contribution in [0.3, 0.4) is 0 Å². The first-order chi connectivity index (χ1) is 12.0. The van der Waals surface area contributed by atoms with Gasteiger partial charge >= 0.3 is 0 Å². The van der Waals surface area contributed by atoms with E-state index in [9.17, 15) is 0 Å². The fourth-order valence-corrected chi connectivity index (χ4v) is 2.66. The average molecular weight is 467 g/mol. The predicted molar refractivity (Wildman–Crippen MR) is 120 cm³/mol. The highest BCUT2D eigenvalue weighted by Crippen LogP contribution is 2.15. The molecule has 1 atom stereocenters. The maximum atomic E-state index is 4.31. The van der Waals surface area contributed by atoms with E-state index < -0.39 is 0 Å². The first-order valence-corrected chi connectivity index (χ1v) is 8.67. The molecule has 1 aromatic heterocycles. The first-order valence-electron chi connectivity index (χ1n) is 8.67. The van der Waals surface area contributed by atoms with Crippen LogP contribution in [0, 0.1) is 0 Å². The molecule has 26 heavy (non-hydrogen) atoms. The summed E-state index contributed by atoms with van der Waals surface area (Å²) >= 11 is 0. The van der Waals surface area contributed by atoms with E-state index in [2.05, 4.69) is 71.0 Å². The zero-order chi connectivity index (χ0) is 18.1. The van der Waals surface area contributed by atoms with E-state index in [0.717, 1.165) is 18.2 Å². The molecule has 0 spiro atoms. The molecule has 0 aliphatic carbocycles. The highest BCUT2D eigenvalue weighted by Gasteiger charge is 2.21. The minimum atomic E-state index is -0.0854. The number of aromatic nitrogens is 1. The molecule has 1 unspecified atom stereocenters. The fraction of sp³-hybridized carbons (Fsp3) is 0.400. The summed E-state index contributed by atoms with van der Waals surface area (Å²) in [7, 11) is 1.78. The molecule has 0 aliphatic heterocycles. The summed E-state index contributed by atoms with van der Waals surface area (Å²) in [5, 5.41) is 10.3. The van der Waals surface area contributed by atoms with Crippen molar-refractivity contribution in [3.8, 4) is 0 Å². The lowest BCUT2D eigenvalue weighted by Gasteiger charge is -2.31. The second kappa shape index (κ2) is 11.1. The summed E-state index contributed by atoms with van der Waals surface area (Å²) < 4.78 is 0. The average Bonchev–Trinajstić information content (AvgIpc) is 2.63. The van der Waals surface area contributed by atoms with Crippen LogP contribution in [0.1, 0.15) is 38.1 Å². The van der Waals surface area contributed by atoms with Crippen molar-refractivity contribution >= 4 is 29.9 Å². The number of halogens is 1. The number of aliphatic imine (C=N–C) groups is 1. The summed E-state index contributed by atoms with van der Waals surface area (Å²) in [5.74, 6) is 0.771. The van der Waals surface area contributed by atoms with Crippen LogP contribution in [0.2, 0.25) is 0 Å². The van der Waals surface area contributed by atoms with Gasteiger partial charge in [-0.25, -0.2) is 0 Å². The molecule has 3 N–H and O–H groups in total. The lowest BCUT2D eigenvalue weighted by molar-refractivity contribution is 0.345. The lowest BCUT2D eigenvalue weighted by Crippen LogP contribution is -2.52. The normalized spacial score (nSPS) is 12.8. The van der Waals surface area contributed by atoms with Crippen molar-refractivity contribution in [1.82, 2.24) is 20.9 Å². The Labute approximate surface area is 174 Å². The van der Waals surface area contributed by atoms with Crippen molar-refractivity contribution in [2.24, 2.45) is 4.99 Å². The Morgan fingerprint density at radius 2 is 1.77 bits per heavy atom. The van der Waals surface area contributed by atoms with Crippen LogP contribution in [0.5, 0.6) is 0 Å². The van der Waals surface area contributed by atoms with Gasteiger partial charge in [-0.15, -0.1) is 24.0 Å². The number of guanidine groups is 1. The monoisotopic (exact) mass is 467 g/mol. The highest BCUT2D eigenvalue weighted by molar-refractivity contribution is 14.0. The molecule has 0 saturated carbocycles. The Hall–Kier alpha value is -1.67. The third-order valence-corrected chi connectivity index (χ3v) is 3.99. The molecule has 142 valence electrons. The van der Waals surface area contributed by atoms with Gasteiger partial charge in [0.25, 0.3) is 0 Å². The summed E-state index contributed by atoms with van der Waals surface area (Å²) in [5.41, 5.74) is 2.19. The SMILES string of the molecule is CN=C(NCc1ccccn1)NCC(C)(C)NC(C)c1ccccc1.I. The van der Waals surface area contributed by atoms with Crippen molar-refractivity contribution in [3.05, 3.63) is 66.0 Å². The fourth-order valence-electron chi connectivity index (χ4n) is 2.66. The number of hydrogen-bond acceptors (Lipinski definition) is 3. The number of pyridine rings is 1. The van der Waals surface area contributed by atoms with Gasteiger partial charge in [-0.05, 0) is 38.5 Å². The number of nitrogens with one attached hydrogen (secondary N) is 3. The zero-order valence-corrected chi connectivity index (χ0v) is 18.3. The Morgan fingerprint density at radius 3 is 2.38 bits per heavy atom. The molecule has 6 heteroatoms. The van der Waals surface area contributed by atoms with Crippen LogP contribution in [0.25, 0.3) is 0 Å². The standard InChI is InChI=1S/C20H29N5.HI/c1-16(17-10-6-5-7-11-17)25-20(2,3)15-24-19(21-4)23-14-18-12-8-9-13-22-18;/h5-13,16,25H,14-15H2,1-4H3,(H2,21,23,24);1H. The number of rotatable bonds is 7. The van der Waals surface area contributed by atoms with E-state index >= 15 is 0 Å². The Morgan fingerprint density at radius 1 is 1.08 bits per heavy atom. The van der Waals surface area contributed by atoms with Crippen LogP contribution in [-0.4, -0.2) is 30.1 Å². The molecule has 2 aromatic rings.